The van der Waals surface area contributed by atoms with Crippen molar-refractivity contribution in [3.8, 4) is 0 Å². The Morgan fingerprint density at radius 3 is 2.71 bits per heavy atom. The Hall–Kier alpha value is -1.80. The van der Waals surface area contributed by atoms with Gasteiger partial charge in [-0.3, -0.25) is 9.20 Å². The number of thiazole rings is 1. The molecule has 3 rings (SSSR count). The van der Waals surface area contributed by atoms with Gasteiger partial charge in [0.05, 0.1) is 3.79 Å². The van der Waals surface area contributed by atoms with Gasteiger partial charge in [-0.15, -0.1) is 0 Å². The lowest BCUT2D eigenvalue weighted by atomic mass is 10.2. The summed E-state index contributed by atoms with van der Waals surface area (Å²) in [5.41, 5.74) is 0.0279. The van der Waals surface area contributed by atoms with Crippen LogP contribution >= 0.6 is 27.3 Å². The smallest absolute Gasteiger partial charge is 0.271 e. The molecular formula is C13H8BrF2N3OS. The van der Waals surface area contributed by atoms with Crippen LogP contribution in [0.25, 0.3) is 4.96 Å². The van der Waals surface area contributed by atoms with E-state index in [1.54, 1.807) is 16.8 Å². The van der Waals surface area contributed by atoms with Crippen molar-refractivity contribution in [2.75, 3.05) is 0 Å². The van der Waals surface area contributed by atoms with Crippen LogP contribution in [0, 0.1) is 11.6 Å². The zero-order chi connectivity index (χ0) is 15.0. The number of fused-ring (bicyclic) bond motifs is 1. The fraction of sp³-hybridized carbons (Fsp3) is 0.0769. The Kier molecular flexibility index (Phi) is 3.73. The number of benzene rings is 1. The van der Waals surface area contributed by atoms with Crippen LogP contribution in [0.2, 0.25) is 0 Å². The zero-order valence-corrected chi connectivity index (χ0v) is 12.8. The van der Waals surface area contributed by atoms with Crippen molar-refractivity contribution in [2.24, 2.45) is 0 Å². The van der Waals surface area contributed by atoms with E-state index >= 15 is 0 Å². The third kappa shape index (κ3) is 2.81. The van der Waals surface area contributed by atoms with Gasteiger partial charge in [-0.25, -0.2) is 13.8 Å². The molecule has 3 aromatic rings. The zero-order valence-electron chi connectivity index (χ0n) is 10.4. The molecule has 1 aromatic carbocycles. The second-order valence-electron chi connectivity index (χ2n) is 4.23. The number of aromatic nitrogens is 2. The van der Waals surface area contributed by atoms with Crippen molar-refractivity contribution in [1.29, 1.82) is 0 Å². The van der Waals surface area contributed by atoms with E-state index in [1.807, 2.05) is 0 Å². The minimum atomic E-state index is -0.690. The lowest BCUT2D eigenvalue weighted by Crippen LogP contribution is -2.24. The summed E-state index contributed by atoms with van der Waals surface area (Å²) in [6.07, 6.45) is 3.34. The van der Waals surface area contributed by atoms with E-state index in [4.69, 9.17) is 0 Å². The molecule has 0 aliphatic rings. The van der Waals surface area contributed by atoms with Crippen LogP contribution in [0.3, 0.4) is 0 Å². The highest BCUT2D eigenvalue weighted by Gasteiger charge is 2.14. The van der Waals surface area contributed by atoms with E-state index in [0.29, 0.717) is 4.96 Å². The van der Waals surface area contributed by atoms with Crippen molar-refractivity contribution in [3.05, 3.63) is 57.3 Å². The molecule has 0 atom stereocenters. The molecule has 0 unspecified atom stereocenters. The van der Waals surface area contributed by atoms with Crippen LogP contribution in [-0.4, -0.2) is 15.3 Å². The molecule has 2 heterocycles. The van der Waals surface area contributed by atoms with Crippen molar-refractivity contribution in [1.82, 2.24) is 14.7 Å². The first kappa shape index (κ1) is 14.2. The van der Waals surface area contributed by atoms with E-state index in [-0.39, 0.29) is 17.8 Å². The summed E-state index contributed by atoms with van der Waals surface area (Å²) in [5.74, 6) is -1.86. The number of nitrogens with one attached hydrogen (secondary N) is 1. The molecule has 0 saturated heterocycles. The van der Waals surface area contributed by atoms with Crippen molar-refractivity contribution < 1.29 is 13.6 Å². The molecule has 1 amide bonds. The first-order valence-electron chi connectivity index (χ1n) is 5.90. The maximum Gasteiger partial charge on any atom is 0.271 e. The van der Waals surface area contributed by atoms with Crippen LogP contribution in [-0.2, 0) is 6.54 Å². The largest absolute Gasteiger partial charge is 0.346 e. The Labute approximate surface area is 130 Å². The second kappa shape index (κ2) is 5.53. The second-order valence-corrected chi connectivity index (χ2v) is 6.62. The van der Waals surface area contributed by atoms with E-state index in [1.165, 1.54) is 17.4 Å². The summed E-state index contributed by atoms with van der Waals surface area (Å²) in [6, 6.07) is 3.57. The number of rotatable bonds is 3. The number of hydrogen-bond donors (Lipinski definition) is 1. The summed E-state index contributed by atoms with van der Waals surface area (Å²) < 4.78 is 29.5. The number of carbonyl (C=O) groups is 1. The number of imidazole rings is 1. The van der Waals surface area contributed by atoms with Gasteiger partial charge in [-0.05, 0) is 28.1 Å². The quantitative estimate of drug-likeness (QED) is 0.767. The van der Waals surface area contributed by atoms with E-state index in [9.17, 15) is 13.6 Å². The molecule has 0 aliphatic heterocycles. The fourth-order valence-corrected chi connectivity index (χ4v) is 3.19. The molecule has 1 N–H and O–H groups in total. The molecule has 0 spiro atoms. The normalized spacial score (nSPS) is 11.0. The van der Waals surface area contributed by atoms with Gasteiger partial charge >= 0.3 is 0 Å². The summed E-state index contributed by atoms with van der Waals surface area (Å²) in [5, 5.41) is 2.46. The van der Waals surface area contributed by atoms with Gasteiger partial charge < -0.3 is 5.32 Å². The van der Waals surface area contributed by atoms with E-state index < -0.39 is 17.5 Å². The first-order valence-corrected chi connectivity index (χ1v) is 7.50. The maximum atomic E-state index is 13.5. The summed E-state index contributed by atoms with van der Waals surface area (Å²) in [4.78, 5) is 16.8. The highest BCUT2D eigenvalue weighted by atomic mass is 79.9. The number of carbonyl (C=O) groups excluding carboxylic acids is 1. The minimum absolute atomic E-state index is 0.172. The Balaban J connectivity index is 1.75. The minimum Gasteiger partial charge on any atom is -0.346 e. The van der Waals surface area contributed by atoms with Gasteiger partial charge in [0, 0.05) is 24.5 Å². The summed E-state index contributed by atoms with van der Waals surface area (Å²) in [6.45, 7) is -0.230. The molecular weight excluding hydrogens is 364 g/mol. The van der Waals surface area contributed by atoms with Gasteiger partial charge in [0.2, 0.25) is 0 Å². The van der Waals surface area contributed by atoms with E-state index in [2.05, 4.69) is 26.2 Å². The number of nitrogens with zero attached hydrogens (tertiary/aromatic N) is 2. The lowest BCUT2D eigenvalue weighted by molar-refractivity contribution is 0.0946. The number of halogens is 3. The van der Waals surface area contributed by atoms with Crippen LogP contribution in [0.15, 0.2) is 34.4 Å². The average Bonchev–Trinajstić information content (AvgIpc) is 2.95. The molecule has 21 heavy (non-hydrogen) atoms. The molecule has 108 valence electrons. The predicted molar refractivity (Wildman–Crippen MR) is 78.3 cm³/mol. The highest BCUT2D eigenvalue weighted by Crippen LogP contribution is 2.22. The van der Waals surface area contributed by atoms with Crippen LogP contribution in [0.1, 0.15) is 16.1 Å². The standard InChI is InChI=1S/C13H8BrF2N3OS/c14-11-6-19-5-10(18-13(19)21-11)12(20)17-4-7-8(15)2-1-3-9(7)16/h1-3,5-6H,4H2,(H,17,20). The summed E-state index contributed by atoms with van der Waals surface area (Å²) >= 11 is 4.69. The van der Waals surface area contributed by atoms with Crippen molar-refractivity contribution in [2.45, 2.75) is 6.54 Å². The topological polar surface area (TPSA) is 46.4 Å². The van der Waals surface area contributed by atoms with Crippen molar-refractivity contribution in [3.63, 3.8) is 0 Å². The van der Waals surface area contributed by atoms with Gasteiger partial charge in [-0.2, -0.15) is 0 Å². The maximum absolute atomic E-state index is 13.5. The van der Waals surface area contributed by atoms with Crippen LogP contribution in [0.5, 0.6) is 0 Å². The Morgan fingerprint density at radius 1 is 1.33 bits per heavy atom. The Morgan fingerprint density at radius 2 is 2.05 bits per heavy atom. The number of amides is 1. The lowest BCUT2D eigenvalue weighted by Gasteiger charge is -2.05. The number of hydrogen-bond acceptors (Lipinski definition) is 3. The van der Waals surface area contributed by atoms with Gasteiger partial charge in [-0.1, -0.05) is 17.4 Å². The molecule has 0 saturated carbocycles. The molecule has 0 radical (unpaired) electrons. The predicted octanol–water partition coefficient (Wildman–Crippen LogP) is 3.37. The van der Waals surface area contributed by atoms with Gasteiger partial charge in [0.25, 0.3) is 5.91 Å². The van der Waals surface area contributed by atoms with Gasteiger partial charge in [0.15, 0.2) is 4.96 Å². The molecule has 0 aliphatic carbocycles. The summed E-state index contributed by atoms with van der Waals surface area (Å²) in [7, 11) is 0. The fourth-order valence-electron chi connectivity index (χ4n) is 1.84. The third-order valence-electron chi connectivity index (χ3n) is 2.85. The van der Waals surface area contributed by atoms with Gasteiger partial charge in [0.1, 0.15) is 17.3 Å². The average molecular weight is 372 g/mol. The third-order valence-corrected chi connectivity index (χ3v) is 4.32. The molecule has 0 bridgehead atoms. The Bertz CT molecular complexity index is 778. The van der Waals surface area contributed by atoms with Crippen LogP contribution in [0.4, 0.5) is 8.78 Å². The van der Waals surface area contributed by atoms with E-state index in [0.717, 1.165) is 15.9 Å². The molecule has 0 fully saturated rings. The monoisotopic (exact) mass is 371 g/mol. The first-order chi connectivity index (χ1) is 10.0. The molecule has 8 heteroatoms. The van der Waals surface area contributed by atoms with Crippen molar-refractivity contribution >= 4 is 38.1 Å². The van der Waals surface area contributed by atoms with Crippen LogP contribution < -0.4 is 5.32 Å². The molecule has 4 nitrogen and oxygen atoms in total. The molecule has 2 aromatic heterocycles. The highest BCUT2D eigenvalue weighted by molar-refractivity contribution is 9.11. The SMILES string of the molecule is O=C(NCc1c(F)cccc1F)c1cn2cc(Br)sc2n1.